The first-order chi connectivity index (χ1) is 14.5. The molecule has 2 heterocycles. The van der Waals surface area contributed by atoms with Gasteiger partial charge in [0.2, 0.25) is 17.7 Å². The number of nitrogens with zero attached hydrogens (tertiary/aromatic N) is 2. The Morgan fingerprint density at radius 2 is 1.93 bits per heavy atom. The van der Waals surface area contributed by atoms with E-state index in [0.29, 0.717) is 19.6 Å². The molecule has 1 saturated heterocycles. The predicted molar refractivity (Wildman–Crippen MR) is 119 cm³/mol. The topological polar surface area (TPSA) is 69.7 Å². The summed E-state index contributed by atoms with van der Waals surface area (Å²) in [5.41, 5.74) is 3.82. The molecule has 2 aliphatic rings. The molecule has 0 aromatic heterocycles. The molecular formula is C23H25N3O3S. The Kier molecular flexibility index (Phi) is 5.81. The lowest BCUT2D eigenvalue weighted by molar-refractivity contribution is -0.126. The summed E-state index contributed by atoms with van der Waals surface area (Å²) < 4.78 is 0. The summed E-state index contributed by atoms with van der Waals surface area (Å²) in [7, 11) is 0. The third-order valence-electron chi connectivity index (χ3n) is 5.77. The van der Waals surface area contributed by atoms with Crippen molar-refractivity contribution in [1.82, 2.24) is 5.32 Å². The van der Waals surface area contributed by atoms with Crippen molar-refractivity contribution in [1.29, 1.82) is 0 Å². The molecule has 7 heteroatoms. The van der Waals surface area contributed by atoms with Gasteiger partial charge in [-0.25, -0.2) is 0 Å². The van der Waals surface area contributed by atoms with Crippen molar-refractivity contribution in [3.05, 3.63) is 53.6 Å². The van der Waals surface area contributed by atoms with Gasteiger partial charge in [-0.1, -0.05) is 12.1 Å². The van der Waals surface area contributed by atoms with E-state index >= 15 is 0 Å². The molecule has 156 valence electrons. The molecule has 30 heavy (non-hydrogen) atoms. The molecule has 1 fully saturated rings. The number of carbonyl (C=O) groups excluding carboxylic acids is 3. The maximum absolute atomic E-state index is 12.6. The minimum absolute atomic E-state index is 0.0265. The zero-order valence-corrected chi connectivity index (χ0v) is 18.0. The van der Waals surface area contributed by atoms with Crippen molar-refractivity contribution in [2.45, 2.75) is 31.2 Å². The number of amides is 3. The van der Waals surface area contributed by atoms with Gasteiger partial charge < -0.3 is 15.1 Å². The lowest BCUT2D eigenvalue weighted by Gasteiger charge is -2.19. The molecule has 6 nitrogen and oxygen atoms in total. The fraction of sp³-hybridized carbons (Fsp3) is 0.348. The third-order valence-corrected chi connectivity index (χ3v) is 6.52. The number of rotatable bonds is 5. The summed E-state index contributed by atoms with van der Waals surface area (Å²) in [4.78, 5) is 41.6. The first-order valence-corrected chi connectivity index (χ1v) is 11.3. The average Bonchev–Trinajstić information content (AvgIpc) is 3.35. The van der Waals surface area contributed by atoms with Crippen LogP contribution in [0.2, 0.25) is 0 Å². The van der Waals surface area contributed by atoms with Crippen LogP contribution in [0.15, 0.2) is 47.4 Å². The molecule has 3 amide bonds. The number of thioether (sulfide) groups is 1. The summed E-state index contributed by atoms with van der Waals surface area (Å²) in [5.74, 6) is -0.465. The number of benzene rings is 2. The van der Waals surface area contributed by atoms with Crippen molar-refractivity contribution in [2.24, 2.45) is 5.92 Å². The number of hydrogen-bond donors (Lipinski definition) is 1. The van der Waals surface area contributed by atoms with Crippen molar-refractivity contribution < 1.29 is 14.4 Å². The molecule has 1 atom stereocenters. The summed E-state index contributed by atoms with van der Waals surface area (Å²) in [6.07, 6.45) is 3.03. The summed E-state index contributed by atoms with van der Waals surface area (Å²) in [6.45, 7) is 3.07. The van der Waals surface area contributed by atoms with Crippen LogP contribution in [-0.2, 0) is 27.3 Å². The maximum Gasteiger partial charge on any atom is 0.227 e. The largest absolute Gasteiger partial charge is 0.352 e. The van der Waals surface area contributed by atoms with Gasteiger partial charge in [-0.15, -0.1) is 11.8 Å². The van der Waals surface area contributed by atoms with Gasteiger partial charge in [0.15, 0.2) is 0 Å². The highest BCUT2D eigenvalue weighted by Gasteiger charge is 2.35. The highest BCUT2D eigenvalue weighted by Crippen LogP contribution is 2.34. The van der Waals surface area contributed by atoms with Gasteiger partial charge in [0, 0.05) is 49.2 Å². The van der Waals surface area contributed by atoms with Crippen LogP contribution in [0.5, 0.6) is 0 Å². The second kappa shape index (κ2) is 8.52. The van der Waals surface area contributed by atoms with E-state index in [1.54, 1.807) is 28.5 Å². The Balaban J connectivity index is 1.39. The molecule has 1 N–H and O–H groups in total. The minimum Gasteiger partial charge on any atom is -0.352 e. The summed E-state index contributed by atoms with van der Waals surface area (Å²) in [5, 5.41) is 2.96. The van der Waals surface area contributed by atoms with E-state index in [-0.39, 0.29) is 30.1 Å². The summed E-state index contributed by atoms with van der Waals surface area (Å²) in [6, 6.07) is 13.8. The molecule has 2 aromatic carbocycles. The van der Waals surface area contributed by atoms with Gasteiger partial charge in [0.1, 0.15) is 0 Å². The monoisotopic (exact) mass is 423 g/mol. The number of carbonyl (C=O) groups is 3. The number of nitrogens with one attached hydrogen (secondary N) is 1. The van der Waals surface area contributed by atoms with E-state index in [0.717, 1.165) is 28.9 Å². The number of hydrogen-bond acceptors (Lipinski definition) is 4. The van der Waals surface area contributed by atoms with E-state index in [2.05, 4.69) is 5.32 Å². The van der Waals surface area contributed by atoms with Gasteiger partial charge in [0.05, 0.1) is 5.92 Å². The van der Waals surface area contributed by atoms with E-state index in [1.807, 2.05) is 48.7 Å². The van der Waals surface area contributed by atoms with E-state index in [1.165, 1.54) is 4.90 Å². The fourth-order valence-corrected chi connectivity index (χ4v) is 4.50. The lowest BCUT2D eigenvalue weighted by Crippen LogP contribution is -2.32. The maximum atomic E-state index is 12.6. The van der Waals surface area contributed by atoms with Crippen molar-refractivity contribution in [3.63, 3.8) is 0 Å². The van der Waals surface area contributed by atoms with Crippen molar-refractivity contribution >= 4 is 40.9 Å². The van der Waals surface area contributed by atoms with Crippen LogP contribution in [0.3, 0.4) is 0 Å². The lowest BCUT2D eigenvalue weighted by atomic mass is 10.1. The van der Waals surface area contributed by atoms with E-state index in [9.17, 15) is 14.4 Å². The standard InChI is InChI=1S/C23H25N3O3S/c1-15(27)25-10-9-17-11-19(5-8-21(17)25)26-14-18(12-22(26)28)23(29)24-13-16-3-6-20(30-2)7-4-16/h3-8,11,18H,9-10,12-14H2,1-2H3,(H,24,29)/t18-/m1/s1. The fourth-order valence-electron chi connectivity index (χ4n) is 4.09. The third kappa shape index (κ3) is 4.07. The first kappa shape index (κ1) is 20.5. The van der Waals surface area contributed by atoms with Crippen molar-refractivity contribution in [3.8, 4) is 0 Å². The van der Waals surface area contributed by atoms with Crippen LogP contribution in [0, 0.1) is 5.92 Å². The smallest absolute Gasteiger partial charge is 0.227 e. The molecule has 0 saturated carbocycles. The molecule has 2 aliphatic heterocycles. The minimum atomic E-state index is -0.357. The Hall–Kier alpha value is -2.80. The molecule has 4 rings (SSSR count). The van der Waals surface area contributed by atoms with Gasteiger partial charge in [-0.05, 0) is 54.1 Å². The first-order valence-electron chi connectivity index (χ1n) is 10.1. The van der Waals surface area contributed by atoms with Crippen LogP contribution in [0.1, 0.15) is 24.5 Å². The molecule has 0 radical (unpaired) electrons. The zero-order chi connectivity index (χ0) is 21.3. The number of anilines is 2. The Morgan fingerprint density at radius 3 is 2.63 bits per heavy atom. The molecule has 0 aliphatic carbocycles. The zero-order valence-electron chi connectivity index (χ0n) is 17.2. The molecular weight excluding hydrogens is 398 g/mol. The summed E-state index contributed by atoms with van der Waals surface area (Å²) >= 11 is 1.68. The Morgan fingerprint density at radius 1 is 1.17 bits per heavy atom. The van der Waals surface area contributed by atoms with Crippen LogP contribution in [0.25, 0.3) is 0 Å². The predicted octanol–water partition coefficient (Wildman–Crippen LogP) is 2.99. The van der Waals surface area contributed by atoms with E-state index in [4.69, 9.17) is 0 Å². The molecule has 2 aromatic rings. The van der Waals surface area contributed by atoms with E-state index < -0.39 is 0 Å². The second-order valence-electron chi connectivity index (χ2n) is 7.70. The van der Waals surface area contributed by atoms with Crippen LogP contribution < -0.4 is 15.1 Å². The highest BCUT2D eigenvalue weighted by molar-refractivity contribution is 7.98. The van der Waals surface area contributed by atoms with Crippen molar-refractivity contribution in [2.75, 3.05) is 29.1 Å². The quantitative estimate of drug-likeness (QED) is 0.751. The normalized spacial score (nSPS) is 17.9. The SMILES string of the molecule is CSc1ccc(CNC(=O)[C@@H]2CC(=O)N(c3ccc4c(c3)CCN4C(C)=O)C2)cc1. The Labute approximate surface area is 180 Å². The molecule has 0 bridgehead atoms. The van der Waals surface area contributed by atoms with Gasteiger partial charge >= 0.3 is 0 Å². The highest BCUT2D eigenvalue weighted by atomic mass is 32.2. The van der Waals surface area contributed by atoms with Crippen LogP contribution >= 0.6 is 11.8 Å². The molecule has 0 spiro atoms. The van der Waals surface area contributed by atoms with Crippen LogP contribution in [0.4, 0.5) is 11.4 Å². The van der Waals surface area contributed by atoms with Crippen LogP contribution in [-0.4, -0.2) is 37.1 Å². The Bertz CT molecular complexity index is 990. The average molecular weight is 424 g/mol. The number of fused-ring (bicyclic) bond motifs is 1. The molecule has 0 unspecified atom stereocenters. The second-order valence-corrected chi connectivity index (χ2v) is 8.58. The van der Waals surface area contributed by atoms with Gasteiger partial charge in [-0.3, -0.25) is 14.4 Å². The van der Waals surface area contributed by atoms with Gasteiger partial charge in [-0.2, -0.15) is 0 Å². The van der Waals surface area contributed by atoms with Gasteiger partial charge in [0.25, 0.3) is 0 Å².